The molecule has 0 saturated carbocycles. The Morgan fingerprint density at radius 2 is 2.08 bits per heavy atom. The zero-order valence-corrected chi connectivity index (χ0v) is 14.2. The summed E-state index contributed by atoms with van der Waals surface area (Å²) >= 11 is 0. The molecule has 2 unspecified atom stereocenters. The van der Waals surface area contributed by atoms with Crippen molar-refractivity contribution in [1.82, 2.24) is 0 Å². The van der Waals surface area contributed by atoms with Gasteiger partial charge in [0.1, 0.15) is 6.61 Å². The van der Waals surface area contributed by atoms with Crippen LogP contribution in [0.25, 0.3) is 0 Å². The van der Waals surface area contributed by atoms with Crippen LogP contribution in [0.15, 0.2) is 29.3 Å². The van der Waals surface area contributed by atoms with E-state index in [1.807, 2.05) is 0 Å². The minimum atomic E-state index is -0.652. The Kier molecular flexibility index (Phi) is 7.06. The fourth-order valence-corrected chi connectivity index (χ4v) is 2.69. The van der Waals surface area contributed by atoms with Crippen LogP contribution in [0.4, 0.5) is 0 Å². The number of aliphatic hydroxyl groups excluding tert-OH is 1. The molecule has 24 heavy (non-hydrogen) atoms. The highest BCUT2D eigenvalue weighted by Gasteiger charge is 2.19. The van der Waals surface area contributed by atoms with Crippen LogP contribution < -0.4 is 9.47 Å². The summed E-state index contributed by atoms with van der Waals surface area (Å²) in [6.07, 6.45) is 3.79. The number of esters is 1. The van der Waals surface area contributed by atoms with E-state index in [-0.39, 0.29) is 12.6 Å². The quantitative estimate of drug-likeness (QED) is 0.639. The Morgan fingerprint density at radius 3 is 2.79 bits per heavy atom. The van der Waals surface area contributed by atoms with Crippen molar-refractivity contribution in [3.63, 3.8) is 0 Å². The van der Waals surface area contributed by atoms with Gasteiger partial charge in [-0.3, -0.25) is 9.79 Å². The van der Waals surface area contributed by atoms with E-state index in [4.69, 9.17) is 14.2 Å². The molecule has 0 radical (unpaired) electrons. The van der Waals surface area contributed by atoms with Crippen LogP contribution in [0, 0.1) is 0 Å². The van der Waals surface area contributed by atoms with Gasteiger partial charge in [0.25, 0.3) is 0 Å². The van der Waals surface area contributed by atoms with Crippen molar-refractivity contribution in [2.24, 2.45) is 4.99 Å². The minimum Gasteiger partial charge on any atom is -0.487 e. The monoisotopic (exact) mass is 335 g/mol. The molecule has 1 aromatic carbocycles. The number of hydrogen-bond donors (Lipinski definition) is 1. The first-order valence-electron chi connectivity index (χ1n) is 8.27. The van der Waals surface area contributed by atoms with Gasteiger partial charge in [-0.25, -0.2) is 0 Å². The Morgan fingerprint density at radius 1 is 1.33 bits per heavy atom. The molecule has 0 amide bonds. The molecule has 6 nitrogen and oxygen atoms in total. The lowest BCUT2D eigenvalue weighted by atomic mass is 10.0. The summed E-state index contributed by atoms with van der Waals surface area (Å²) in [5.41, 5.74) is 0. The Labute approximate surface area is 142 Å². The van der Waals surface area contributed by atoms with Gasteiger partial charge in [-0.2, -0.15) is 0 Å². The number of rotatable bonds is 6. The smallest absolute Gasteiger partial charge is 0.308 e. The highest BCUT2D eigenvalue weighted by atomic mass is 16.6. The van der Waals surface area contributed by atoms with Crippen molar-refractivity contribution in [1.29, 1.82) is 0 Å². The second-order valence-electron chi connectivity index (χ2n) is 5.87. The summed E-state index contributed by atoms with van der Waals surface area (Å²) < 4.78 is 16.0. The van der Waals surface area contributed by atoms with Crippen molar-refractivity contribution < 1.29 is 24.1 Å². The highest BCUT2D eigenvalue weighted by Crippen LogP contribution is 2.27. The molecule has 0 fully saturated rings. The van der Waals surface area contributed by atoms with Crippen LogP contribution in [0.1, 0.15) is 39.0 Å². The fraction of sp³-hybridized carbons (Fsp3) is 0.556. The molecule has 6 heteroatoms. The second kappa shape index (κ2) is 9.27. The lowest BCUT2D eigenvalue weighted by Gasteiger charge is -2.18. The van der Waals surface area contributed by atoms with Crippen LogP contribution in [-0.2, 0) is 9.53 Å². The molecule has 1 aliphatic rings. The molecule has 0 spiro atoms. The summed E-state index contributed by atoms with van der Waals surface area (Å²) in [5, 5.41) is 10.2. The summed E-state index contributed by atoms with van der Waals surface area (Å²) in [6, 6.07) is 6.95. The number of carbonyl (C=O) groups is 1. The molecular formula is C18H25NO5. The Hall–Kier alpha value is -2.08. The first-order valence-corrected chi connectivity index (χ1v) is 8.27. The number of carbonyl (C=O) groups excluding carboxylic acids is 1. The van der Waals surface area contributed by atoms with Gasteiger partial charge in [0.05, 0.1) is 19.3 Å². The molecule has 0 saturated heterocycles. The van der Waals surface area contributed by atoms with Crippen LogP contribution in [0.2, 0.25) is 0 Å². The van der Waals surface area contributed by atoms with Gasteiger partial charge in [0.2, 0.25) is 0 Å². The van der Waals surface area contributed by atoms with E-state index in [0.29, 0.717) is 17.9 Å². The number of benzene rings is 1. The van der Waals surface area contributed by atoms with Gasteiger partial charge >= 0.3 is 5.97 Å². The SMILES string of the molecule is COC1=NC(CC(O)COc2ccccc2OC(C)=O)CCCC1. The first-order chi connectivity index (χ1) is 11.6. The normalized spacial score (nSPS) is 19.0. The zero-order valence-electron chi connectivity index (χ0n) is 14.2. The number of methoxy groups -OCH3 is 1. The molecule has 2 atom stereocenters. The maximum absolute atomic E-state index is 11.1. The van der Waals surface area contributed by atoms with Crippen molar-refractivity contribution in [2.75, 3.05) is 13.7 Å². The maximum atomic E-state index is 11.1. The summed E-state index contributed by atoms with van der Waals surface area (Å²) in [6.45, 7) is 1.45. The van der Waals surface area contributed by atoms with E-state index in [1.54, 1.807) is 31.4 Å². The molecule has 0 aromatic heterocycles. The van der Waals surface area contributed by atoms with Crippen molar-refractivity contribution in [2.45, 2.75) is 51.2 Å². The second-order valence-corrected chi connectivity index (χ2v) is 5.87. The Balaban J connectivity index is 1.89. The number of ether oxygens (including phenoxy) is 3. The minimum absolute atomic E-state index is 0.0461. The number of aliphatic hydroxyl groups is 1. The van der Waals surface area contributed by atoms with Crippen molar-refractivity contribution >= 4 is 11.9 Å². The van der Waals surface area contributed by atoms with Crippen LogP contribution in [-0.4, -0.2) is 42.8 Å². The topological polar surface area (TPSA) is 77.3 Å². The van der Waals surface area contributed by atoms with E-state index >= 15 is 0 Å². The zero-order chi connectivity index (χ0) is 17.4. The summed E-state index contributed by atoms with van der Waals surface area (Å²) in [7, 11) is 1.63. The average Bonchev–Trinajstić information content (AvgIpc) is 2.78. The molecule has 1 aromatic rings. The summed E-state index contributed by atoms with van der Waals surface area (Å²) in [5.74, 6) is 1.14. The largest absolute Gasteiger partial charge is 0.487 e. The molecule has 1 N–H and O–H groups in total. The first kappa shape index (κ1) is 18.3. The number of nitrogens with zero attached hydrogens (tertiary/aromatic N) is 1. The lowest BCUT2D eigenvalue weighted by Crippen LogP contribution is -2.23. The van der Waals surface area contributed by atoms with Gasteiger partial charge in [-0.1, -0.05) is 18.6 Å². The lowest BCUT2D eigenvalue weighted by molar-refractivity contribution is -0.132. The summed E-state index contributed by atoms with van der Waals surface area (Å²) in [4.78, 5) is 15.7. The third kappa shape index (κ3) is 5.85. The average molecular weight is 335 g/mol. The number of para-hydroxylation sites is 2. The molecule has 1 heterocycles. The predicted molar refractivity (Wildman–Crippen MR) is 90.6 cm³/mol. The van der Waals surface area contributed by atoms with Crippen molar-refractivity contribution in [3.05, 3.63) is 24.3 Å². The highest BCUT2D eigenvalue weighted by molar-refractivity contribution is 5.76. The van der Waals surface area contributed by atoms with E-state index in [1.165, 1.54) is 6.92 Å². The van der Waals surface area contributed by atoms with Crippen molar-refractivity contribution in [3.8, 4) is 11.5 Å². The van der Waals surface area contributed by atoms with Gasteiger partial charge < -0.3 is 19.3 Å². The van der Waals surface area contributed by atoms with Gasteiger partial charge in [-0.05, 0) is 31.4 Å². The molecule has 1 aliphatic heterocycles. The fourth-order valence-electron chi connectivity index (χ4n) is 2.69. The third-order valence-electron chi connectivity index (χ3n) is 3.82. The molecular weight excluding hydrogens is 310 g/mol. The Bertz CT molecular complexity index is 572. The molecule has 0 aliphatic carbocycles. The van der Waals surface area contributed by atoms with E-state index in [0.717, 1.165) is 31.6 Å². The van der Waals surface area contributed by atoms with E-state index in [2.05, 4.69) is 4.99 Å². The van der Waals surface area contributed by atoms with Gasteiger partial charge in [0.15, 0.2) is 17.4 Å². The standard InChI is InChI=1S/C18H25NO5/c1-13(20)24-17-9-5-4-8-16(17)23-12-15(21)11-14-7-3-6-10-18(19-14)22-2/h4-5,8-9,14-15,21H,3,6-7,10-12H2,1-2H3. The van der Waals surface area contributed by atoms with E-state index < -0.39 is 12.1 Å². The third-order valence-corrected chi connectivity index (χ3v) is 3.82. The van der Waals surface area contributed by atoms with Crippen LogP contribution in [0.3, 0.4) is 0 Å². The predicted octanol–water partition coefficient (Wildman–Crippen LogP) is 2.73. The number of hydrogen-bond acceptors (Lipinski definition) is 6. The van der Waals surface area contributed by atoms with Crippen LogP contribution >= 0.6 is 0 Å². The molecule has 2 rings (SSSR count). The number of aliphatic imine (C=N–C) groups is 1. The molecule has 0 bridgehead atoms. The maximum Gasteiger partial charge on any atom is 0.308 e. The van der Waals surface area contributed by atoms with Crippen LogP contribution in [0.5, 0.6) is 11.5 Å². The molecule has 132 valence electrons. The van der Waals surface area contributed by atoms with E-state index in [9.17, 15) is 9.90 Å². The van der Waals surface area contributed by atoms with Gasteiger partial charge in [-0.15, -0.1) is 0 Å². The van der Waals surface area contributed by atoms with Gasteiger partial charge in [0, 0.05) is 13.3 Å².